The molecule has 2 heterocycles. The van der Waals surface area contributed by atoms with Gasteiger partial charge in [-0.15, -0.1) is 11.3 Å². The van der Waals surface area contributed by atoms with E-state index in [1.54, 1.807) is 5.51 Å². The second kappa shape index (κ2) is 11.5. The first-order valence-electron chi connectivity index (χ1n) is 11.8. The highest BCUT2D eigenvalue weighted by molar-refractivity contribution is 7.07. The van der Waals surface area contributed by atoms with E-state index in [-0.39, 0.29) is 11.8 Å². The average molecular weight is 531 g/mol. The van der Waals surface area contributed by atoms with Crippen LogP contribution in [0.5, 0.6) is 0 Å². The fourth-order valence-corrected chi connectivity index (χ4v) is 5.11. The van der Waals surface area contributed by atoms with Crippen molar-refractivity contribution in [3.05, 3.63) is 71.1 Å². The Balaban J connectivity index is 0.000000405. The van der Waals surface area contributed by atoms with Crippen molar-refractivity contribution in [3.8, 4) is 11.5 Å². The molecular weight excluding hydrogens is 505 g/mol. The summed E-state index contributed by atoms with van der Waals surface area (Å²) in [4.78, 5) is 31.8. The maximum absolute atomic E-state index is 13.7. The number of rotatable bonds is 5. The fourth-order valence-electron chi connectivity index (χ4n) is 4.58. The van der Waals surface area contributed by atoms with Crippen LogP contribution in [0.25, 0.3) is 22.6 Å². The number of para-hydroxylation sites is 2. The van der Waals surface area contributed by atoms with E-state index in [2.05, 4.69) is 22.5 Å². The third-order valence-corrected chi connectivity index (χ3v) is 6.84. The molecule has 194 valence electrons. The van der Waals surface area contributed by atoms with Gasteiger partial charge in [0.15, 0.2) is 5.82 Å². The first kappa shape index (κ1) is 26.3. The number of nitrogens with zero attached hydrogens (tertiary/aromatic N) is 3. The predicted molar refractivity (Wildman–Crippen MR) is 135 cm³/mol. The first-order chi connectivity index (χ1) is 17.8. The molecule has 0 radical (unpaired) electrons. The van der Waals surface area contributed by atoms with Crippen molar-refractivity contribution in [2.24, 2.45) is 5.92 Å². The number of carboxylic acid groups (broad SMARTS) is 1. The van der Waals surface area contributed by atoms with Gasteiger partial charge in [0, 0.05) is 5.38 Å². The van der Waals surface area contributed by atoms with E-state index in [4.69, 9.17) is 14.9 Å². The number of benzene rings is 2. The lowest BCUT2D eigenvalue weighted by atomic mass is 9.76. The number of amides is 1. The number of carbonyl (C=O) groups is 2. The summed E-state index contributed by atoms with van der Waals surface area (Å²) in [6, 6.07) is 18.1. The molecule has 7 nitrogen and oxygen atoms in total. The van der Waals surface area contributed by atoms with Gasteiger partial charge in [-0.05, 0) is 36.5 Å². The molecule has 5 rings (SSSR count). The van der Waals surface area contributed by atoms with Gasteiger partial charge in [-0.3, -0.25) is 10.2 Å². The number of fused-ring (bicyclic) bond motifs is 1. The Morgan fingerprint density at radius 2 is 1.68 bits per heavy atom. The molecule has 0 spiro atoms. The number of hydrogen-bond donors (Lipinski definition) is 2. The molecule has 37 heavy (non-hydrogen) atoms. The Hall–Kier alpha value is -3.73. The van der Waals surface area contributed by atoms with Crippen LogP contribution in [0.15, 0.2) is 65.5 Å². The molecule has 1 fully saturated rings. The summed E-state index contributed by atoms with van der Waals surface area (Å²) in [5, 5.41) is 9.08. The molecule has 0 saturated heterocycles. The minimum Gasteiger partial charge on any atom is -0.475 e. The van der Waals surface area contributed by atoms with Crippen LogP contribution in [-0.2, 0) is 9.59 Å². The summed E-state index contributed by atoms with van der Waals surface area (Å²) < 4.78 is 33.5. The summed E-state index contributed by atoms with van der Waals surface area (Å²) in [6.45, 7) is 0. The number of halogens is 3. The van der Waals surface area contributed by atoms with E-state index in [1.165, 1.54) is 30.6 Å². The number of alkyl halides is 3. The Bertz CT molecular complexity index is 1330. The lowest BCUT2D eigenvalue weighted by molar-refractivity contribution is -0.192. The molecule has 0 aliphatic heterocycles. The zero-order valence-corrected chi connectivity index (χ0v) is 20.5. The van der Waals surface area contributed by atoms with Gasteiger partial charge in [0.25, 0.3) is 0 Å². The highest BCUT2D eigenvalue weighted by Gasteiger charge is 2.38. The highest BCUT2D eigenvalue weighted by Crippen LogP contribution is 2.37. The largest absolute Gasteiger partial charge is 0.490 e. The Labute approximate surface area is 215 Å². The molecule has 11 heteroatoms. The zero-order valence-electron chi connectivity index (χ0n) is 19.7. The van der Waals surface area contributed by atoms with E-state index in [0.717, 1.165) is 35.1 Å². The van der Waals surface area contributed by atoms with Crippen LogP contribution in [0.3, 0.4) is 0 Å². The Morgan fingerprint density at radius 1 is 1.03 bits per heavy atom. The quantitative estimate of drug-likeness (QED) is 0.319. The molecule has 1 unspecified atom stereocenters. The monoisotopic (exact) mass is 530 g/mol. The minimum absolute atomic E-state index is 0.0210. The van der Waals surface area contributed by atoms with Crippen molar-refractivity contribution in [2.75, 3.05) is 5.43 Å². The number of imidazole rings is 1. The Kier molecular flexibility index (Phi) is 8.22. The van der Waals surface area contributed by atoms with Gasteiger partial charge in [0.2, 0.25) is 5.91 Å². The number of nitrogens with one attached hydrogen (secondary N) is 1. The lowest BCUT2D eigenvalue weighted by Crippen LogP contribution is -2.33. The molecule has 2 N–H and O–H groups in total. The van der Waals surface area contributed by atoms with Crippen LogP contribution in [0, 0.1) is 5.92 Å². The SMILES string of the molecule is O=C(Nn1c(-c2cscn2)nc2ccccc21)C(c1ccccc1)C1CCCCC1.O=C(O)C(F)(F)F. The molecule has 2 aromatic heterocycles. The van der Waals surface area contributed by atoms with Gasteiger partial charge in [0.05, 0.1) is 22.5 Å². The number of hydrogen-bond acceptors (Lipinski definition) is 5. The molecule has 2 aromatic carbocycles. The molecule has 1 amide bonds. The highest BCUT2D eigenvalue weighted by atomic mass is 32.1. The van der Waals surface area contributed by atoms with E-state index in [1.807, 2.05) is 52.5 Å². The lowest BCUT2D eigenvalue weighted by Gasteiger charge is -2.30. The van der Waals surface area contributed by atoms with Crippen LogP contribution >= 0.6 is 11.3 Å². The molecule has 1 aliphatic rings. The van der Waals surface area contributed by atoms with Crippen LogP contribution < -0.4 is 5.43 Å². The van der Waals surface area contributed by atoms with Crippen molar-refractivity contribution in [1.29, 1.82) is 0 Å². The van der Waals surface area contributed by atoms with Crippen molar-refractivity contribution < 1.29 is 27.9 Å². The molecule has 1 atom stereocenters. The molecule has 4 aromatic rings. The van der Waals surface area contributed by atoms with Crippen LogP contribution in [0.2, 0.25) is 0 Å². The summed E-state index contributed by atoms with van der Waals surface area (Å²) in [7, 11) is 0. The third kappa shape index (κ3) is 6.34. The maximum Gasteiger partial charge on any atom is 0.490 e. The number of thiazole rings is 1. The average Bonchev–Trinajstić information content (AvgIpc) is 3.54. The van der Waals surface area contributed by atoms with Crippen LogP contribution in [-0.4, -0.2) is 37.8 Å². The van der Waals surface area contributed by atoms with E-state index in [9.17, 15) is 18.0 Å². The standard InChI is InChI=1S/C24H24N4OS.C2HF3O2/c29-24(22(17-9-3-1-4-10-17)18-11-5-2-6-12-18)27-28-21-14-8-7-13-19(21)26-23(28)20-15-30-16-25-20;3-2(4,5)1(6)7/h1,3-4,7-10,13-16,18,22H,2,5-6,11-12H2,(H,27,29);(H,6,7). The van der Waals surface area contributed by atoms with Crippen molar-refractivity contribution >= 4 is 34.2 Å². The molecular formula is C26H25F3N4O3S. The van der Waals surface area contributed by atoms with Crippen molar-refractivity contribution in [3.63, 3.8) is 0 Å². The minimum atomic E-state index is -5.08. The van der Waals surface area contributed by atoms with Crippen LogP contribution in [0.4, 0.5) is 13.2 Å². The number of aromatic nitrogens is 3. The summed E-state index contributed by atoms with van der Waals surface area (Å²) in [5.41, 5.74) is 8.56. The molecule has 1 aliphatic carbocycles. The molecule has 1 saturated carbocycles. The summed E-state index contributed by atoms with van der Waals surface area (Å²) >= 11 is 1.52. The van der Waals surface area contributed by atoms with Gasteiger partial charge in [-0.25, -0.2) is 19.4 Å². The van der Waals surface area contributed by atoms with Gasteiger partial charge < -0.3 is 5.11 Å². The number of aliphatic carboxylic acids is 1. The van der Waals surface area contributed by atoms with Gasteiger partial charge in [-0.1, -0.05) is 61.7 Å². The van der Waals surface area contributed by atoms with Crippen LogP contribution in [0.1, 0.15) is 43.6 Å². The number of carbonyl (C=O) groups excluding carboxylic acids is 1. The third-order valence-electron chi connectivity index (χ3n) is 6.25. The van der Waals surface area contributed by atoms with Crippen molar-refractivity contribution in [2.45, 2.75) is 44.2 Å². The topological polar surface area (TPSA) is 97.1 Å². The second-order valence-electron chi connectivity index (χ2n) is 8.70. The maximum atomic E-state index is 13.7. The predicted octanol–water partition coefficient (Wildman–Crippen LogP) is 6.23. The van der Waals surface area contributed by atoms with E-state index < -0.39 is 12.1 Å². The summed E-state index contributed by atoms with van der Waals surface area (Å²) in [5.74, 6) is -1.88. The zero-order chi connectivity index (χ0) is 26.4. The summed E-state index contributed by atoms with van der Waals surface area (Å²) in [6.07, 6.45) is 0.756. The smallest absolute Gasteiger partial charge is 0.475 e. The van der Waals surface area contributed by atoms with Gasteiger partial charge in [0.1, 0.15) is 5.69 Å². The van der Waals surface area contributed by atoms with E-state index >= 15 is 0 Å². The van der Waals surface area contributed by atoms with Crippen molar-refractivity contribution in [1.82, 2.24) is 14.6 Å². The second-order valence-corrected chi connectivity index (χ2v) is 9.42. The molecule has 0 bridgehead atoms. The van der Waals surface area contributed by atoms with Gasteiger partial charge >= 0.3 is 12.1 Å². The number of carboxylic acids is 1. The first-order valence-corrected chi connectivity index (χ1v) is 12.7. The normalized spacial score (nSPS) is 15.0. The van der Waals surface area contributed by atoms with E-state index in [0.29, 0.717) is 11.7 Å². The van der Waals surface area contributed by atoms with Gasteiger partial charge in [-0.2, -0.15) is 13.2 Å². The Morgan fingerprint density at radius 3 is 2.30 bits per heavy atom. The fraction of sp³-hybridized carbons (Fsp3) is 0.308.